The number of Topliss-reactive ketones (excluding diaryl/α,β-unsaturated/α-hetero) is 1. The van der Waals surface area contributed by atoms with Crippen molar-refractivity contribution < 1.29 is 33.3 Å². The number of carbonyl (C=O) groups excluding carboxylic acids is 3. The molecule has 1 aliphatic rings. The number of nitrogens with one attached hydrogen (secondary N) is 1. The van der Waals surface area contributed by atoms with E-state index in [1.807, 2.05) is 85.8 Å². The van der Waals surface area contributed by atoms with Gasteiger partial charge in [0.05, 0.1) is 34.5 Å². The Morgan fingerprint density at radius 3 is 1.67 bits per heavy atom. The van der Waals surface area contributed by atoms with Crippen molar-refractivity contribution in [1.29, 1.82) is 0 Å². The molecule has 9 nitrogen and oxygen atoms in total. The van der Waals surface area contributed by atoms with Crippen molar-refractivity contribution in [2.24, 2.45) is 0 Å². The van der Waals surface area contributed by atoms with Crippen molar-refractivity contribution in [3.05, 3.63) is 154 Å². The number of ether oxygens (including phenoxy) is 4. The first-order valence-electron chi connectivity index (χ1n) is 19.5. The molecule has 296 valence electrons. The molecule has 0 bridgehead atoms. The Kier molecular flexibility index (Phi) is 13.6. The van der Waals surface area contributed by atoms with Gasteiger partial charge in [-0.25, -0.2) is 0 Å². The lowest BCUT2D eigenvalue weighted by atomic mass is 9.83. The standard InChI is InChI=1S/C48H52N2O7/c1-32-41(54-2)29-37(30-42(32)55-3)46(51)48(53)50-40(27-36-28-43(56-4)44(57-5)31-39(36)45(50)35-23-13-8-14-24-35)47(52)49-38(25-15-21-33-17-9-6-10-18-33)26-16-22-34-19-11-7-12-20-34/h6-14,17-20,23-24,28-31,38,40,45H,15-16,21-22,25-27H2,1-5H3,(H,49,52)/t40-,45?/m0/s1. The minimum absolute atomic E-state index is 0.100. The summed E-state index contributed by atoms with van der Waals surface area (Å²) in [7, 11) is 6.13. The normalized spacial score (nSPS) is 14.7. The maximum absolute atomic E-state index is 15.0. The molecule has 0 saturated heterocycles. The Morgan fingerprint density at radius 1 is 0.667 bits per heavy atom. The monoisotopic (exact) mass is 768 g/mol. The topological polar surface area (TPSA) is 103 Å². The molecule has 0 radical (unpaired) electrons. The molecule has 57 heavy (non-hydrogen) atoms. The molecule has 1 aliphatic heterocycles. The van der Waals surface area contributed by atoms with Gasteiger partial charge in [0.2, 0.25) is 5.91 Å². The van der Waals surface area contributed by atoms with Gasteiger partial charge in [-0.1, -0.05) is 91.0 Å². The van der Waals surface area contributed by atoms with E-state index in [1.54, 1.807) is 26.4 Å². The molecule has 0 saturated carbocycles. The molecule has 0 spiro atoms. The number of aryl methyl sites for hydroxylation is 2. The molecule has 2 amide bonds. The van der Waals surface area contributed by atoms with Crippen LogP contribution in [0.2, 0.25) is 0 Å². The van der Waals surface area contributed by atoms with Crippen LogP contribution in [-0.2, 0) is 28.9 Å². The molecule has 0 aromatic heterocycles. The minimum Gasteiger partial charge on any atom is -0.496 e. The summed E-state index contributed by atoms with van der Waals surface area (Å²) in [6, 6.07) is 35.0. The van der Waals surface area contributed by atoms with E-state index in [4.69, 9.17) is 18.9 Å². The van der Waals surface area contributed by atoms with Gasteiger partial charge < -0.3 is 29.2 Å². The maximum Gasteiger partial charge on any atom is 0.296 e. The third-order valence-corrected chi connectivity index (χ3v) is 10.9. The molecule has 9 heteroatoms. The second-order valence-electron chi connectivity index (χ2n) is 14.4. The molecule has 6 rings (SSSR count). The molecule has 1 heterocycles. The summed E-state index contributed by atoms with van der Waals surface area (Å²) in [5, 5.41) is 3.38. The van der Waals surface area contributed by atoms with Crippen molar-refractivity contribution in [3.8, 4) is 23.0 Å². The van der Waals surface area contributed by atoms with Crippen LogP contribution in [-0.4, -0.2) is 63.0 Å². The summed E-state index contributed by atoms with van der Waals surface area (Å²) in [5.74, 6) is -0.108. The Bertz CT molecular complexity index is 2070. The first-order valence-corrected chi connectivity index (χ1v) is 19.5. The second kappa shape index (κ2) is 19.2. The fourth-order valence-corrected chi connectivity index (χ4v) is 7.90. The highest BCUT2D eigenvalue weighted by Crippen LogP contribution is 2.43. The Morgan fingerprint density at radius 2 is 1.16 bits per heavy atom. The van der Waals surface area contributed by atoms with Crippen LogP contribution in [0, 0.1) is 6.92 Å². The van der Waals surface area contributed by atoms with Gasteiger partial charge in [-0.15, -0.1) is 0 Å². The van der Waals surface area contributed by atoms with E-state index in [0.29, 0.717) is 28.6 Å². The van der Waals surface area contributed by atoms with E-state index < -0.39 is 23.8 Å². The summed E-state index contributed by atoms with van der Waals surface area (Å²) < 4.78 is 22.6. The van der Waals surface area contributed by atoms with Crippen LogP contribution in [0.15, 0.2) is 115 Å². The predicted octanol–water partition coefficient (Wildman–Crippen LogP) is 8.29. The van der Waals surface area contributed by atoms with Gasteiger partial charge in [0.1, 0.15) is 17.5 Å². The van der Waals surface area contributed by atoms with Crippen molar-refractivity contribution in [2.75, 3.05) is 28.4 Å². The van der Waals surface area contributed by atoms with Crippen molar-refractivity contribution in [3.63, 3.8) is 0 Å². The number of carbonyl (C=O) groups is 3. The van der Waals surface area contributed by atoms with Gasteiger partial charge in [-0.05, 0) is 97.5 Å². The number of fused-ring (bicyclic) bond motifs is 1. The number of hydrogen-bond donors (Lipinski definition) is 1. The molecule has 1 unspecified atom stereocenters. The molecule has 0 fully saturated rings. The third kappa shape index (κ3) is 9.48. The molecule has 1 N–H and O–H groups in total. The highest BCUT2D eigenvalue weighted by molar-refractivity contribution is 6.43. The Hall–Kier alpha value is -6.09. The summed E-state index contributed by atoms with van der Waals surface area (Å²) in [6.07, 6.45) is 5.16. The largest absolute Gasteiger partial charge is 0.496 e. The Labute approximate surface area is 335 Å². The minimum atomic E-state index is -1.03. The zero-order valence-corrected chi connectivity index (χ0v) is 33.5. The fraction of sp³-hybridized carbons (Fsp3) is 0.312. The van der Waals surface area contributed by atoms with E-state index in [1.165, 1.54) is 30.2 Å². The van der Waals surface area contributed by atoms with Gasteiger partial charge >= 0.3 is 0 Å². The second-order valence-corrected chi connectivity index (χ2v) is 14.4. The van der Waals surface area contributed by atoms with E-state index >= 15 is 0 Å². The molecular weight excluding hydrogens is 717 g/mol. The lowest BCUT2D eigenvalue weighted by molar-refractivity contribution is -0.140. The van der Waals surface area contributed by atoms with Crippen molar-refractivity contribution >= 4 is 17.6 Å². The highest BCUT2D eigenvalue weighted by atomic mass is 16.5. The van der Waals surface area contributed by atoms with Crippen molar-refractivity contribution in [1.82, 2.24) is 10.2 Å². The van der Waals surface area contributed by atoms with Crippen LogP contribution in [0.5, 0.6) is 23.0 Å². The SMILES string of the molecule is COc1cc2c(cc1OC)C(c1ccccc1)N(C(=O)C(=O)c1cc(OC)c(C)c(OC)c1)[C@H](C(=O)NC(CCCc1ccccc1)CCCc1ccccc1)C2. The number of benzene rings is 5. The van der Waals surface area contributed by atoms with E-state index in [2.05, 4.69) is 29.6 Å². The number of hydrogen-bond acceptors (Lipinski definition) is 7. The number of ketones is 1. The molecule has 5 aromatic carbocycles. The van der Waals surface area contributed by atoms with Gasteiger partial charge in [0.25, 0.3) is 11.7 Å². The quantitative estimate of drug-likeness (QED) is 0.0751. The average Bonchev–Trinajstić information content (AvgIpc) is 3.25. The molecular formula is C48H52N2O7. The summed E-state index contributed by atoms with van der Waals surface area (Å²) in [4.78, 5) is 45.8. The molecule has 0 aliphatic carbocycles. The zero-order chi connectivity index (χ0) is 40.3. The maximum atomic E-state index is 15.0. The summed E-state index contributed by atoms with van der Waals surface area (Å²) in [6.45, 7) is 1.82. The average molecular weight is 769 g/mol. The predicted molar refractivity (Wildman–Crippen MR) is 221 cm³/mol. The van der Waals surface area contributed by atoms with Gasteiger partial charge in [-0.3, -0.25) is 14.4 Å². The molecule has 2 atom stereocenters. The zero-order valence-electron chi connectivity index (χ0n) is 33.5. The first kappa shape index (κ1) is 40.6. The summed E-state index contributed by atoms with van der Waals surface area (Å²) >= 11 is 0. The lowest BCUT2D eigenvalue weighted by Gasteiger charge is -2.43. The highest BCUT2D eigenvalue weighted by Gasteiger charge is 2.45. The van der Waals surface area contributed by atoms with Gasteiger partial charge in [0, 0.05) is 23.6 Å². The number of nitrogens with zero attached hydrogens (tertiary/aromatic N) is 1. The Balaban J connectivity index is 1.39. The third-order valence-electron chi connectivity index (χ3n) is 10.9. The fourth-order valence-electron chi connectivity index (χ4n) is 7.90. The summed E-state index contributed by atoms with van der Waals surface area (Å²) in [5.41, 5.74) is 5.58. The van der Waals surface area contributed by atoms with E-state index in [9.17, 15) is 14.4 Å². The van der Waals surface area contributed by atoms with Gasteiger partial charge in [-0.2, -0.15) is 0 Å². The van der Waals surface area contributed by atoms with Crippen LogP contribution in [0.25, 0.3) is 0 Å². The number of methoxy groups -OCH3 is 4. The number of amides is 2. The smallest absolute Gasteiger partial charge is 0.296 e. The van der Waals surface area contributed by atoms with Crippen LogP contribution < -0.4 is 24.3 Å². The van der Waals surface area contributed by atoms with Crippen LogP contribution in [0.1, 0.15) is 75.5 Å². The van der Waals surface area contributed by atoms with Crippen LogP contribution in [0.4, 0.5) is 0 Å². The first-order chi connectivity index (χ1) is 27.8. The van der Waals surface area contributed by atoms with Crippen LogP contribution >= 0.6 is 0 Å². The van der Waals surface area contributed by atoms with Gasteiger partial charge in [0.15, 0.2) is 11.5 Å². The van der Waals surface area contributed by atoms with Crippen LogP contribution in [0.3, 0.4) is 0 Å². The van der Waals surface area contributed by atoms with E-state index in [-0.39, 0.29) is 23.9 Å². The molecule has 5 aromatic rings. The number of rotatable bonds is 17. The van der Waals surface area contributed by atoms with Crippen molar-refractivity contribution in [2.45, 2.75) is 70.0 Å². The lowest BCUT2D eigenvalue weighted by Crippen LogP contribution is -2.57. The van der Waals surface area contributed by atoms with E-state index in [0.717, 1.165) is 55.2 Å².